The van der Waals surface area contributed by atoms with Gasteiger partial charge in [0.1, 0.15) is 5.82 Å². The molecule has 4 heteroatoms. The highest BCUT2D eigenvalue weighted by molar-refractivity contribution is 5.96. The molecular formula is C11H13FN2O. The van der Waals surface area contributed by atoms with E-state index in [4.69, 9.17) is 5.73 Å². The van der Waals surface area contributed by atoms with Gasteiger partial charge in [-0.25, -0.2) is 4.39 Å². The highest BCUT2D eigenvalue weighted by Gasteiger charge is 2.24. The first-order valence-electron chi connectivity index (χ1n) is 5.02. The van der Waals surface area contributed by atoms with Crippen molar-refractivity contribution in [3.05, 3.63) is 29.6 Å². The lowest BCUT2D eigenvalue weighted by molar-refractivity contribution is -0.117. The molecule has 3 nitrogen and oxygen atoms in total. The summed E-state index contributed by atoms with van der Waals surface area (Å²) in [5, 5.41) is 0. The number of carbonyl (C=O) groups is 1. The molecular weight excluding hydrogens is 195 g/mol. The number of amides is 1. The van der Waals surface area contributed by atoms with Gasteiger partial charge < -0.3 is 10.6 Å². The normalized spacial score (nSPS) is 16.1. The third kappa shape index (κ3) is 1.72. The molecule has 1 fully saturated rings. The van der Waals surface area contributed by atoms with Crippen LogP contribution in [-0.4, -0.2) is 12.5 Å². The second-order valence-electron chi connectivity index (χ2n) is 3.59. The minimum atomic E-state index is -0.338. The number of benzene rings is 1. The van der Waals surface area contributed by atoms with Crippen molar-refractivity contribution in [1.82, 2.24) is 0 Å². The average Bonchev–Trinajstić information content (AvgIpc) is 2.64. The van der Waals surface area contributed by atoms with Gasteiger partial charge in [0.05, 0.1) is 5.69 Å². The topological polar surface area (TPSA) is 46.3 Å². The second-order valence-corrected chi connectivity index (χ2v) is 3.59. The molecule has 0 unspecified atom stereocenters. The van der Waals surface area contributed by atoms with Gasteiger partial charge in [-0.3, -0.25) is 4.79 Å². The quantitative estimate of drug-likeness (QED) is 0.798. The zero-order chi connectivity index (χ0) is 10.8. The molecule has 0 radical (unpaired) electrons. The minimum Gasteiger partial charge on any atom is -0.326 e. The van der Waals surface area contributed by atoms with E-state index in [1.165, 1.54) is 6.07 Å². The fourth-order valence-electron chi connectivity index (χ4n) is 1.91. The Morgan fingerprint density at radius 1 is 1.47 bits per heavy atom. The Balaban J connectivity index is 2.42. The zero-order valence-electron chi connectivity index (χ0n) is 8.37. The summed E-state index contributed by atoms with van der Waals surface area (Å²) in [6, 6.07) is 4.72. The number of anilines is 1. The van der Waals surface area contributed by atoms with Crippen molar-refractivity contribution >= 4 is 11.6 Å². The lowest BCUT2D eigenvalue weighted by atomic mass is 10.1. The molecule has 80 valence electrons. The van der Waals surface area contributed by atoms with Gasteiger partial charge in [0.25, 0.3) is 0 Å². The van der Waals surface area contributed by atoms with Crippen LogP contribution in [0.3, 0.4) is 0 Å². The lowest BCUT2D eigenvalue weighted by Crippen LogP contribution is -2.25. The summed E-state index contributed by atoms with van der Waals surface area (Å²) in [4.78, 5) is 13.1. The van der Waals surface area contributed by atoms with Gasteiger partial charge in [0.2, 0.25) is 5.91 Å². The van der Waals surface area contributed by atoms with Gasteiger partial charge in [-0.05, 0) is 18.6 Å². The summed E-state index contributed by atoms with van der Waals surface area (Å²) >= 11 is 0. The highest BCUT2D eigenvalue weighted by Crippen LogP contribution is 2.26. The lowest BCUT2D eigenvalue weighted by Gasteiger charge is -2.19. The van der Waals surface area contributed by atoms with Gasteiger partial charge in [0.15, 0.2) is 0 Å². The van der Waals surface area contributed by atoms with E-state index >= 15 is 0 Å². The molecule has 2 rings (SSSR count). The number of nitrogens with zero attached hydrogens (tertiary/aromatic N) is 1. The fourth-order valence-corrected chi connectivity index (χ4v) is 1.91. The Morgan fingerprint density at radius 2 is 2.27 bits per heavy atom. The highest BCUT2D eigenvalue weighted by atomic mass is 19.1. The molecule has 0 aromatic heterocycles. The van der Waals surface area contributed by atoms with Crippen LogP contribution in [0, 0.1) is 5.82 Å². The summed E-state index contributed by atoms with van der Waals surface area (Å²) in [7, 11) is 0. The van der Waals surface area contributed by atoms with Crippen molar-refractivity contribution in [2.45, 2.75) is 19.4 Å². The van der Waals surface area contributed by atoms with Gasteiger partial charge in [-0.15, -0.1) is 0 Å². The molecule has 1 aliphatic heterocycles. The Labute approximate surface area is 87.7 Å². The SMILES string of the molecule is NCc1c(F)cccc1N1CCCC1=O. The van der Waals surface area contributed by atoms with E-state index in [0.717, 1.165) is 6.42 Å². The third-order valence-corrected chi connectivity index (χ3v) is 2.66. The number of hydrogen-bond donors (Lipinski definition) is 1. The van der Waals surface area contributed by atoms with Crippen molar-refractivity contribution in [2.24, 2.45) is 5.73 Å². The van der Waals surface area contributed by atoms with Crippen molar-refractivity contribution in [1.29, 1.82) is 0 Å². The molecule has 1 aromatic carbocycles. The molecule has 0 aliphatic carbocycles. The van der Waals surface area contributed by atoms with E-state index < -0.39 is 0 Å². The third-order valence-electron chi connectivity index (χ3n) is 2.66. The average molecular weight is 208 g/mol. The summed E-state index contributed by atoms with van der Waals surface area (Å²) in [6.07, 6.45) is 1.37. The van der Waals surface area contributed by atoms with Crippen LogP contribution in [0.1, 0.15) is 18.4 Å². The summed E-state index contributed by atoms with van der Waals surface area (Å²) < 4.78 is 13.4. The fraction of sp³-hybridized carbons (Fsp3) is 0.364. The van der Waals surface area contributed by atoms with Crippen LogP contribution in [0.15, 0.2) is 18.2 Å². The largest absolute Gasteiger partial charge is 0.326 e. The first-order chi connectivity index (χ1) is 7.24. The standard InChI is InChI=1S/C11H13FN2O/c12-9-3-1-4-10(8(9)7-13)14-6-2-5-11(14)15/h1,3-4H,2,5-7,13H2. The molecule has 1 aliphatic rings. The molecule has 1 aromatic rings. The summed E-state index contributed by atoms with van der Waals surface area (Å²) in [5.74, 6) is -0.287. The second kappa shape index (κ2) is 3.98. The first-order valence-corrected chi connectivity index (χ1v) is 5.02. The predicted molar refractivity (Wildman–Crippen MR) is 55.9 cm³/mol. The number of carbonyl (C=O) groups excluding carboxylic acids is 1. The van der Waals surface area contributed by atoms with E-state index in [1.807, 2.05) is 0 Å². The molecule has 2 N–H and O–H groups in total. The van der Waals surface area contributed by atoms with Gasteiger partial charge in [-0.2, -0.15) is 0 Å². The number of rotatable bonds is 2. The monoisotopic (exact) mass is 208 g/mol. The number of hydrogen-bond acceptors (Lipinski definition) is 2. The van der Waals surface area contributed by atoms with E-state index in [2.05, 4.69) is 0 Å². The Bertz CT molecular complexity index is 392. The van der Waals surface area contributed by atoms with Gasteiger partial charge >= 0.3 is 0 Å². The van der Waals surface area contributed by atoms with E-state index in [-0.39, 0.29) is 18.3 Å². The Morgan fingerprint density at radius 3 is 2.87 bits per heavy atom. The van der Waals surface area contributed by atoms with Crippen molar-refractivity contribution in [3.63, 3.8) is 0 Å². The van der Waals surface area contributed by atoms with Crippen LogP contribution in [0.2, 0.25) is 0 Å². The van der Waals surface area contributed by atoms with Crippen LogP contribution in [0.25, 0.3) is 0 Å². The number of halogens is 1. The molecule has 15 heavy (non-hydrogen) atoms. The molecule has 0 atom stereocenters. The minimum absolute atomic E-state index is 0.0512. The Hall–Kier alpha value is -1.42. The first kappa shape index (κ1) is 10.1. The Kier molecular flexibility index (Phi) is 2.68. The van der Waals surface area contributed by atoms with Crippen LogP contribution in [0.4, 0.5) is 10.1 Å². The maximum Gasteiger partial charge on any atom is 0.227 e. The molecule has 0 bridgehead atoms. The van der Waals surface area contributed by atoms with E-state index in [1.54, 1.807) is 17.0 Å². The van der Waals surface area contributed by atoms with Crippen LogP contribution in [-0.2, 0) is 11.3 Å². The van der Waals surface area contributed by atoms with Crippen LogP contribution in [0.5, 0.6) is 0 Å². The van der Waals surface area contributed by atoms with Gasteiger partial charge in [-0.1, -0.05) is 6.07 Å². The van der Waals surface area contributed by atoms with Gasteiger partial charge in [0, 0.05) is 25.1 Å². The van der Waals surface area contributed by atoms with Crippen molar-refractivity contribution < 1.29 is 9.18 Å². The zero-order valence-corrected chi connectivity index (χ0v) is 8.37. The number of nitrogens with two attached hydrogens (primary N) is 1. The van der Waals surface area contributed by atoms with E-state index in [9.17, 15) is 9.18 Å². The summed E-state index contributed by atoms with van der Waals surface area (Å²) in [5.41, 5.74) is 6.54. The van der Waals surface area contributed by atoms with Crippen LogP contribution < -0.4 is 10.6 Å². The molecule has 1 saturated heterocycles. The van der Waals surface area contributed by atoms with Crippen LogP contribution >= 0.6 is 0 Å². The molecule has 0 spiro atoms. The molecule has 0 saturated carbocycles. The smallest absolute Gasteiger partial charge is 0.227 e. The maximum atomic E-state index is 13.4. The van der Waals surface area contributed by atoms with E-state index in [0.29, 0.717) is 24.2 Å². The summed E-state index contributed by atoms with van der Waals surface area (Å²) in [6.45, 7) is 0.779. The van der Waals surface area contributed by atoms with Crippen molar-refractivity contribution in [3.8, 4) is 0 Å². The molecule has 1 heterocycles. The maximum absolute atomic E-state index is 13.4. The molecule has 1 amide bonds. The van der Waals surface area contributed by atoms with Crippen molar-refractivity contribution in [2.75, 3.05) is 11.4 Å². The predicted octanol–water partition coefficient (Wildman–Crippen LogP) is 1.41.